The van der Waals surface area contributed by atoms with E-state index in [0.29, 0.717) is 39.1 Å². The van der Waals surface area contributed by atoms with Crippen LogP contribution in [0.5, 0.6) is 11.5 Å². The van der Waals surface area contributed by atoms with Gasteiger partial charge in [-0.05, 0) is 55.9 Å². The van der Waals surface area contributed by atoms with E-state index in [1.165, 1.54) is 10.6 Å². The molecule has 36 heavy (non-hydrogen) atoms. The maximum atomic E-state index is 13.3. The van der Waals surface area contributed by atoms with E-state index < -0.39 is 5.97 Å². The zero-order valence-electron chi connectivity index (χ0n) is 21.7. The van der Waals surface area contributed by atoms with Crippen LogP contribution in [0.2, 0.25) is 0 Å². The summed E-state index contributed by atoms with van der Waals surface area (Å²) in [4.78, 5) is 38.5. The van der Waals surface area contributed by atoms with Crippen LogP contribution in [0.25, 0.3) is 12.2 Å². The summed E-state index contributed by atoms with van der Waals surface area (Å²) in [5.41, 5.74) is 0.395. The van der Waals surface area contributed by atoms with Crippen molar-refractivity contribution in [1.29, 1.82) is 0 Å². The van der Waals surface area contributed by atoms with Gasteiger partial charge in [-0.1, -0.05) is 32.8 Å². The highest BCUT2D eigenvalue weighted by molar-refractivity contribution is 7.07. The summed E-state index contributed by atoms with van der Waals surface area (Å²) in [5, 5.41) is 3.11. The second kappa shape index (κ2) is 12.8. The molecule has 2 aromatic rings. The molecule has 1 aromatic heterocycles. The van der Waals surface area contributed by atoms with E-state index in [2.05, 4.69) is 19.2 Å². The zero-order valence-corrected chi connectivity index (χ0v) is 22.5. The lowest BCUT2D eigenvalue weighted by Crippen LogP contribution is -2.46. The van der Waals surface area contributed by atoms with Crippen LogP contribution >= 0.6 is 11.3 Å². The maximum Gasteiger partial charge on any atom is 0.333 e. The zero-order chi connectivity index (χ0) is 26.2. The molecule has 9 heteroatoms. The van der Waals surface area contributed by atoms with Crippen molar-refractivity contribution < 1.29 is 23.8 Å². The Hall–Kier alpha value is -3.07. The predicted octanol–water partition coefficient (Wildman–Crippen LogP) is 2.43. The fourth-order valence-electron chi connectivity index (χ4n) is 4.46. The van der Waals surface area contributed by atoms with Gasteiger partial charge in [0.2, 0.25) is 5.91 Å². The molecule has 1 aliphatic rings. The van der Waals surface area contributed by atoms with Gasteiger partial charge in [-0.25, -0.2) is 4.79 Å². The molecule has 0 unspecified atom stereocenters. The number of rotatable bonds is 9. The number of thiazole rings is 1. The Labute approximate surface area is 215 Å². The van der Waals surface area contributed by atoms with Crippen LogP contribution < -0.4 is 29.5 Å². The third kappa shape index (κ3) is 6.78. The van der Waals surface area contributed by atoms with E-state index in [1.807, 2.05) is 13.0 Å². The molecule has 8 nitrogen and oxygen atoms in total. The molecule has 196 valence electrons. The van der Waals surface area contributed by atoms with Gasteiger partial charge in [0, 0.05) is 6.04 Å². The van der Waals surface area contributed by atoms with Crippen LogP contribution in [-0.4, -0.2) is 42.8 Å². The molecule has 0 radical (unpaired) electrons. The molecule has 1 heterocycles. The summed E-state index contributed by atoms with van der Waals surface area (Å²) < 4.78 is 18.1. The van der Waals surface area contributed by atoms with Crippen molar-refractivity contribution in [2.75, 3.05) is 20.3 Å². The summed E-state index contributed by atoms with van der Waals surface area (Å²) in [6.07, 6.45) is 6.14. The first kappa shape index (κ1) is 27.5. The van der Waals surface area contributed by atoms with Crippen LogP contribution in [0.1, 0.15) is 52.5 Å². The molecule has 1 saturated carbocycles. The minimum Gasteiger partial charge on any atom is -0.493 e. The number of nitrogens with one attached hydrogen (secondary N) is 1. The lowest BCUT2D eigenvalue weighted by molar-refractivity contribution is -0.135. The van der Waals surface area contributed by atoms with Gasteiger partial charge in [0.05, 0.1) is 30.9 Å². The molecular formula is C27H36N2O6S. The average Bonchev–Trinajstić information content (AvgIpc) is 3.11. The second-order valence-electron chi connectivity index (χ2n) is 9.02. The van der Waals surface area contributed by atoms with Crippen molar-refractivity contribution in [2.45, 2.75) is 59.5 Å². The summed E-state index contributed by atoms with van der Waals surface area (Å²) in [7, 11) is 1.57. The highest BCUT2D eigenvalue weighted by atomic mass is 32.1. The minimum atomic E-state index is -0.558. The van der Waals surface area contributed by atoms with Gasteiger partial charge in [-0.3, -0.25) is 14.2 Å². The van der Waals surface area contributed by atoms with Crippen LogP contribution in [0.3, 0.4) is 0 Å². The Morgan fingerprint density at radius 2 is 1.94 bits per heavy atom. The molecule has 1 fully saturated rings. The Kier molecular flexibility index (Phi) is 9.75. The van der Waals surface area contributed by atoms with Crippen LogP contribution in [0, 0.1) is 11.8 Å². The van der Waals surface area contributed by atoms with Crippen molar-refractivity contribution in [1.82, 2.24) is 9.88 Å². The lowest BCUT2D eigenvalue weighted by Gasteiger charge is -2.34. The number of hydrogen-bond donors (Lipinski definition) is 1. The Balaban J connectivity index is 1.98. The molecule has 0 aliphatic heterocycles. The quantitative estimate of drug-likeness (QED) is 0.515. The van der Waals surface area contributed by atoms with Gasteiger partial charge in [-0.15, -0.1) is 11.3 Å². The van der Waals surface area contributed by atoms with E-state index >= 15 is 0 Å². The second-order valence-corrected chi connectivity index (χ2v) is 10.1. The third-order valence-electron chi connectivity index (χ3n) is 6.60. The van der Waals surface area contributed by atoms with Gasteiger partial charge in [-0.2, -0.15) is 0 Å². The Morgan fingerprint density at radius 3 is 2.64 bits per heavy atom. The fraction of sp³-hybridized carbons (Fsp3) is 0.519. The standard InChI is InChI=1S/C27H36N2O6S/c1-6-34-22-13-19(11-12-21(22)33-5)14-23-27(32)29(25(36-23)15-26(31)35-7-2)16-24(30)28-20-10-8-9-17(3)18(20)4/h11-15,17-18,20H,6-10,16H2,1-5H3,(H,28,30)/b23-14-,25-15-/t17-,18-,20+/m0/s1. The number of hydrogen-bond acceptors (Lipinski definition) is 7. The summed E-state index contributed by atoms with van der Waals surface area (Å²) >= 11 is 1.14. The van der Waals surface area contributed by atoms with Crippen LogP contribution in [0.15, 0.2) is 23.0 Å². The number of esters is 1. The number of aromatic nitrogens is 1. The monoisotopic (exact) mass is 516 g/mol. The van der Waals surface area contributed by atoms with Crippen molar-refractivity contribution in [3.05, 3.63) is 43.3 Å². The number of benzene rings is 1. The van der Waals surface area contributed by atoms with E-state index in [1.54, 1.807) is 32.2 Å². The largest absolute Gasteiger partial charge is 0.493 e. The lowest BCUT2D eigenvalue weighted by atomic mass is 9.78. The highest BCUT2D eigenvalue weighted by Crippen LogP contribution is 2.29. The molecule has 1 aliphatic carbocycles. The molecule has 1 amide bonds. The molecule has 3 atom stereocenters. The minimum absolute atomic E-state index is 0.0791. The third-order valence-corrected chi connectivity index (χ3v) is 7.66. The van der Waals surface area contributed by atoms with Gasteiger partial charge < -0.3 is 19.5 Å². The van der Waals surface area contributed by atoms with Crippen molar-refractivity contribution in [3.8, 4) is 11.5 Å². The molecule has 1 N–H and O–H groups in total. The molecule has 3 rings (SSSR count). The summed E-state index contributed by atoms with van der Waals surface area (Å²) in [6, 6.07) is 5.46. The first-order chi connectivity index (χ1) is 17.3. The first-order valence-corrected chi connectivity index (χ1v) is 13.3. The molecule has 0 bridgehead atoms. The molecule has 0 spiro atoms. The molecular weight excluding hydrogens is 480 g/mol. The van der Waals surface area contributed by atoms with E-state index in [9.17, 15) is 14.4 Å². The van der Waals surface area contributed by atoms with Gasteiger partial charge in [0.15, 0.2) is 11.5 Å². The van der Waals surface area contributed by atoms with Gasteiger partial charge in [0.25, 0.3) is 5.56 Å². The topological polar surface area (TPSA) is 95.9 Å². The SMILES string of the molecule is CCOC(=O)/C=c1\s/c(=C\c2ccc(OC)c(OCC)c2)c(=O)n1CC(=O)N[C@@H]1CCC[C@H](C)[C@@H]1C. The van der Waals surface area contributed by atoms with E-state index in [0.717, 1.165) is 36.2 Å². The summed E-state index contributed by atoms with van der Waals surface area (Å²) in [6.45, 7) is 8.47. The molecule has 0 saturated heterocycles. The predicted molar refractivity (Wildman–Crippen MR) is 141 cm³/mol. The summed E-state index contributed by atoms with van der Waals surface area (Å²) in [5.74, 6) is 1.26. The number of carbonyl (C=O) groups excluding carboxylic acids is 2. The normalized spacial score (nSPS) is 20.8. The average molecular weight is 517 g/mol. The van der Waals surface area contributed by atoms with Gasteiger partial charge in [0.1, 0.15) is 11.2 Å². The van der Waals surface area contributed by atoms with Crippen molar-refractivity contribution >= 4 is 35.4 Å². The first-order valence-electron chi connectivity index (χ1n) is 12.5. The van der Waals surface area contributed by atoms with E-state index in [4.69, 9.17) is 14.2 Å². The smallest absolute Gasteiger partial charge is 0.333 e. The van der Waals surface area contributed by atoms with Crippen molar-refractivity contribution in [3.63, 3.8) is 0 Å². The number of nitrogens with zero attached hydrogens (tertiary/aromatic N) is 1. The van der Waals surface area contributed by atoms with Gasteiger partial charge >= 0.3 is 5.97 Å². The number of methoxy groups -OCH3 is 1. The highest BCUT2D eigenvalue weighted by Gasteiger charge is 2.28. The fourth-order valence-corrected chi connectivity index (χ4v) is 5.49. The number of amides is 1. The van der Waals surface area contributed by atoms with Crippen LogP contribution in [-0.2, 0) is 20.9 Å². The Bertz CT molecular complexity index is 1250. The number of ether oxygens (including phenoxy) is 3. The Morgan fingerprint density at radius 1 is 1.17 bits per heavy atom. The van der Waals surface area contributed by atoms with Crippen molar-refractivity contribution in [2.24, 2.45) is 11.8 Å². The van der Waals surface area contributed by atoms with Crippen LogP contribution in [0.4, 0.5) is 0 Å². The maximum absolute atomic E-state index is 13.3. The van der Waals surface area contributed by atoms with E-state index in [-0.39, 0.29) is 30.7 Å². The molecule has 1 aromatic carbocycles. The number of carbonyl (C=O) groups is 2.